The highest BCUT2D eigenvalue weighted by atomic mass is 32.2. The Balaban J connectivity index is 2.37. The Morgan fingerprint density at radius 1 is 1.43 bits per heavy atom. The van der Waals surface area contributed by atoms with Gasteiger partial charge in [-0.25, -0.2) is 17.6 Å². The van der Waals surface area contributed by atoms with Gasteiger partial charge >= 0.3 is 5.97 Å². The van der Waals surface area contributed by atoms with E-state index >= 15 is 0 Å². The number of aromatic carboxylic acids is 1. The Hall–Kier alpha value is -2.22. The van der Waals surface area contributed by atoms with Gasteiger partial charge in [0, 0.05) is 18.0 Å². The van der Waals surface area contributed by atoms with Crippen molar-refractivity contribution < 1.29 is 22.7 Å². The molecule has 8 heteroatoms. The molecule has 1 aromatic heterocycles. The predicted molar refractivity (Wildman–Crippen MR) is 72.4 cm³/mol. The number of benzene rings is 1. The van der Waals surface area contributed by atoms with Crippen molar-refractivity contribution in [1.82, 2.24) is 9.78 Å². The van der Waals surface area contributed by atoms with E-state index in [1.165, 1.54) is 17.8 Å². The van der Waals surface area contributed by atoms with Crippen molar-refractivity contribution in [1.29, 1.82) is 0 Å². The number of hydrogen-bond donors (Lipinski definition) is 1. The average Bonchev–Trinajstić information content (AvgIpc) is 2.92. The lowest BCUT2D eigenvalue weighted by molar-refractivity contribution is 0.0696. The molecule has 2 aromatic rings. The van der Waals surface area contributed by atoms with Gasteiger partial charge in [0.05, 0.1) is 22.8 Å². The molecule has 0 saturated carbocycles. The molecule has 0 atom stereocenters. The molecular formula is C13H13FN2O4S. The molecule has 0 aliphatic carbocycles. The molecule has 112 valence electrons. The fourth-order valence-corrected chi connectivity index (χ4v) is 3.37. The largest absolute Gasteiger partial charge is 0.478 e. The second-order valence-electron chi connectivity index (χ2n) is 4.47. The number of nitrogens with zero attached hydrogens (tertiary/aromatic N) is 2. The number of carbonyl (C=O) groups is 1. The molecule has 2 rings (SSSR count). The smallest absolute Gasteiger partial charge is 0.335 e. The number of rotatable bonds is 5. The summed E-state index contributed by atoms with van der Waals surface area (Å²) in [5.41, 5.74) is -0.476. The predicted octanol–water partition coefficient (Wildman–Crippen LogP) is 1.50. The van der Waals surface area contributed by atoms with Gasteiger partial charge in [-0.1, -0.05) is 0 Å². The number of sulfone groups is 1. The highest BCUT2D eigenvalue weighted by molar-refractivity contribution is 7.91. The first-order valence-corrected chi connectivity index (χ1v) is 7.70. The maximum absolute atomic E-state index is 13.7. The van der Waals surface area contributed by atoms with Crippen molar-refractivity contribution in [3.8, 4) is 0 Å². The molecule has 1 heterocycles. The number of aromatic nitrogens is 2. The van der Waals surface area contributed by atoms with E-state index in [1.807, 2.05) is 0 Å². The molecule has 0 aliphatic heterocycles. The van der Waals surface area contributed by atoms with Crippen LogP contribution in [0.4, 0.5) is 4.39 Å². The zero-order valence-corrected chi connectivity index (χ0v) is 12.0. The molecule has 21 heavy (non-hydrogen) atoms. The third-order valence-corrected chi connectivity index (χ3v) is 4.84. The van der Waals surface area contributed by atoms with Crippen LogP contribution in [-0.2, 0) is 16.4 Å². The van der Waals surface area contributed by atoms with Gasteiger partial charge in [0.1, 0.15) is 5.82 Å². The van der Waals surface area contributed by atoms with Crippen molar-refractivity contribution in [3.05, 3.63) is 47.5 Å². The second-order valence-corrected chi connectivity index (χ2v) is 6.55. The highest BCUT2D eigenvalue weighted by Crippen LogP contribution is 2.22. The van der Waals surface area contributed by atoms with E-state index in [0.29, 0.717) is 0 Å². The van der Waals surface area contributed by atoms with E-state index in [4.69, 9.17) is 5.11 Å². The molecule has 1 N–H and O–H groups in total. The van der Waals surface area contributed by atoms with E-state index in [9.17, 15) is 17.6 Å². The Morgan fingerprint density at radius 2 is 2.14 bits per heavy atom. The maximum Gasteiger partial charge on any atom is 0.335 e. The number of carboxylic acids is 1. The minimum absolute atomic E-state index is 0.0829. The first-order valence-electron chi connectivity index (χ1n) is 6.05. The summed E-state index contributed by atoms with van der Waals surface area (Å²) >= 11 is 0. The molecule has 0 fully saturated rings. The molecule has 0 spiro atoms. The SMILES string of the molecule is Cc1c(F)cc(C(=O)O)cc1S(=O)(=O)CCn1cccn1. The zero-order valence-electron chi connectivity index (χ0n) is 11.2. The number of aryl methyl sites for hydroxylation is 1. The van der Waals surface area contributed by atoms with Crippen molar-refractivity contribution in [2.24, 2.45) is 0 Å². The quantitative estimate of drug-likeness (QED) is 0.903. The van der Waals surface area contributed by atoms with Gasteiger partial charge in [0.2, 0.25) is 0 Å². The van der Waals surface area contributed by atoms with Crippen LogP contribution in [0.5, 0.6) is 0 Å². The summed E-state index contributed by atoms with van der Waals surface area (Å²) in [4.78, 5) is 10.6. The normalized spacial score (nSPS) is 11.5. The van der Waals surface area contributed by atoms with Gasteiger partial charge in [-0.05, 0) is 25.1 Å². The van der Waals surface area contributed by atoms with Gasteiger partial charge in [0.15, 0.2) is 9.84 Å². The van der Waals surface area contributed by atoms with E-state index in [2.05, 4.69) is 5.10 Å². The Labute approximate surface area is 120 Å². The van der Waals surface area contributed by atoms with Crippen molar-refractivity contribution in [3.63, 3.8) is 0 Å². The van der Waals surface area contributed by atoms with E-state index < -0.39 is 27.2 Å². The zero-order chi connectivity index (χ0) is 15.6. The standard InChI is InChI=1S/C13H13FN2O4S/c1-9-11(14)7-10(13(17)18)8-12(9)21(19,20)6-5-16-4-2-3-15-16/h2-4,7-8H,5-6H2,1H3,(H,17,18). The van der Waals surface area contributed by atoms with Crippen LogP contribution in [0.2, 0.25) is 0 Å². The maximum atomic E-state index is 13.7. The topological polar surface area (TPSA) is 89.3 Å². The highest BCUT2D eigenvalue weighted by Gasteiger charge is 2.22. The van der Waals surface area contributed by atoms with Crippen LogP contribution >= 0.6 is 0 Å². The van der Waals surface area contributed by atoms with E-state index in [-0.39, 0.29) is 22.8 Å². The lowest BCUT2D eigenvalue weighted by Crippen LogP contribution is -2.16. The minimum Gasteiger partial charge on any atom is -0.478 e. The summed E-state index contributed by atoms with van der Waals surface area (Å²) in [7, 11) is -3.81. The molecule has 0 bridgehead atoms. The lowest BCUT2D eigenvalue weighted by atomic mass is 10.1. The molecule has 1 aromatic carbocycles. The van der Waals surface area contributed by atoms with Gasteiger partial charge in [0.25, 0.3) is 0 Å². The van der Waals surface area contributed by atoms with Gasteiger partial charge in [-0.15, -0.1) is 0 Å². The minimum atomic E-state index is -3.81. The molecule has 6 nitrogen and oxygen atoms in total. The first-order chi connectivity index (χ1) is 9.81. The van der Waals surface area contributed by atoms with Crippen LogP contribution in [0.15, 0.2) is 35.5 Å². The first kappa shape index (κ1) is 15.2. The van der Waals surface area contributed by atoms with Crippen LogP contribution in [0.1, 0.15) is 15.9 Å². The van der Waals surface area contributed by atoms with Crippen LogP contribution < -0.4 is 0 Å². The van der Waals surface area contributed by atoms with Crippen LogP contribution in [0, 0.1) is 12.7 Å². The summed E-state index contributed by atoms with van der Waals surface area (Å²) < 4.78 is 39.7. The van der Waals surface area contributed by atoms with Crippen molar-refractivity contribution in [2.45, 2.75) is 18.4 Å². The van der Waals surface area contributed by atoms with E-state index in [1.54, 1.807) is 12.3 Å². The third-order valence-electron chi connectivity index (χ3n) is 3.03. The molecule has 0 saturated heterocycles. The van der Waals surface area contributed by atoms with Crippen LogP contribution in [0.25, 0.3) is 0 Å². The lowest BCUT2D eigenvalue weighted by Gasteiger charge is -2.10. The Morgan fingerprint density at radius 3 is 2.71 bits per heavy atom. The number of carboxylic acid groups (broad SMARTS) is 1. The molecule has 0 unspecified atom stereocenters. The summed E-state index contributed by atoms with van der Waals surface area (Å²) in [6.45, 7) is 1.41. The summed E-state index contributed by atoms with van der Waals surface area (Å²) in [6, 6.07) is 3.45. The summed E-state index contributed by atoms with van der Waals surface area (Å²) in [6.07, 6.45) is 3.12. The molecular weight excluding hydrogens is 299 g/mol. The number of hydrogen-bond acceptors (Lipinski definition) is 4. The average molecular weight is 312 g/mol. The van der Waals surface area contributed by atoms with Crippen LogP contribution in [0.3, 0.4) is 0 Å². The number of halogens is 1. The summed E-state index contributed by atoms with van der Waals surface area (Å²) in [5, 5.41) is 12.8. The third kappa shape index (κ3) is 3.27. The van der Waals surface area contributed by atoms with E-state index in [0.717, 1.165) is 12.1 Å². The second kappa shape index (κ2) is 5.65. The van der Waals surface area contributed by atoms with Gasteiger partial charge < -0.3 is 5.11 Å². The van der Waals surface area contributed by atoms with Crippen molar-refractivity contribution >= 4 is 15.8 Å². The monoisotopic (exact) mass is 312 g/mol. The van der Waals surface area contributed by atoms with Crippen LogP contribution in [-0.4, -0.2) is 35.0 Å². The Bertz CT molecular complexity index is 770. The fourth-order valence-electron chi connectivity index (χ4n) is 1.86. The molecule has 0 amide bonds. The van der Waals surface area contributed by atoms with Crippen molar-refractivity contribution in [2.75, 3.05) is 5.75 Å². The fraction of sp³-hybridized carbons (Fsp3) is 0.231. The van der Waals surface area contributed by atoms with Gasteiger partial charge in [-0.3, -0.25) is 4.68 Å². The molecule has 0 aliphatic rings. The van der Waals surface area contributed by atoms with Gasteiger partial charge in [-0.2, -0.15) is 5.10 Å². The summed E-state index contributed by atoms with van der Waals surface area (Å²) in [5.74, 6) is -2.53. The molecule has 0 radical (unpaired) electrons. The Kier molecular flexibility index (Phi) is 4.08.